The van der Waals surface area contributed by atoms with Crippen molar-refractivity contribution in [3.8, 4) is 0 Å². The summed E-state index contributed by atoms with van der Waals surface area (Å²) in [5, 5.41) is 3.37. The summed E-state index contributed by atoms with van der Waals surface area (Å²) >= 11 is 0. The van der Waals surface area contributed by atoms with E-state index in [1.807, 2.05) is 13.8 Å². The number of nitrogens with one attached hydrogen (secondary N) is 1. The molecule has 1 N–H and O–H groups in total. The van der Waals surface area contributed by atoms with Crippen molar-refractivity contribution in [2.45, 2.75) is 33.2 Å². The summed E-state index contributed by atoms with van der Waals surface area (Å²) in [6, 6.07) is 0.777. The van der Waals surface area contributed by atoms with Gasteiger partial charge in [-0.05, 0) is 13.5 Å². The summed E-state index contributed by atoms with van der Waals surface area (Å²) in [6.45, 7) is 9.78. The maximum absolute atomic E-state index is 3.37. The molecule has 0 aromatic carbocycles. The third kappa shape index (κ3) is 3.73. The predicted molar refractivity (Wildman–Crippen MR) is 50.9 cm³/mol. The predicted octanol–water partition coefficient (Wildman–Crippen LogP) is 1.33. The highest BCUT2D eigenvalue weighted by Gasteiger charge is 2.15. The van der Waals surface area contributed by atoms with E-state index >= 15 is 0 Å². The fraction of sp³-hybridized carbons (Fsp3) is 1.00. The van der Waals surface area contributed by atoms with Crippen LogP contribution in [0.3, 0.4) is 0 Å². The smallest absolute Gasteiger partial charge is 0.0215 e. The van der Waals surface area contributed by atoms with E-state index in [9.17, 15) is 0 Å². The number of likely N-dealkylation sites (N-methyl/N-ethyl adjacent to an activating group) is 1. The second-order valence-corrected chi connectivity index (χ2v) is 2.75. The Morgan fingerprint density at radius 1 is 1.45 bits per heavy atom. The van der Waals surface area contributed by atoms with Gasteiger partial charge in [0.25, 0.3) is 0 Å². The number of hydrogen-bond acceptors (Lipinski definition) is 2. The third-order valence-corrected chi connectivity index (χ3v) is 2.12. The molecule has 0 amide bonds. The van der Waals surface area contributed by atoms with E-state index in [0.29, 0.717) is 0 Å². The van der Waals surface area contributed by atoms with Crippen molar-refractivity contribution in [2.75, 3.05) is 26.7 Å². The topological polar surface area (TPSA) is 15.3 Å². The van der Waals surface area contributed by atoms with Crippen LogP contribution in [-0.4, -0.2) is 37.6 Å². The minimum absolute atomic E-state index is 0.777. The van der Waals surface area contributed by atoms with Crippen molar-refractivity contribution in [2.24, 2.45) is 0 Å². The lowest BCUT2D eigenvalue weighted by atomic mass is 10.1. The van der Waals surface area contributed by atoms with Crippen molar-refractivity contribution in [1.82, 2.24) is 10.2 Å². The van der Waals surface area contributed by atoms with Crippen LogP contribution in [0.15, 0.2) is 0 Å². The fourth-order valence-corrected chi connectivity index (χ4v) is 1.32. The Morgan fingerprint density at radius 2 is 2.09 bits per heavy atom. The molecule has 0 aliphatic carbocycles. The molecule has 1 unspecified atom stereocenters. The minimum atomic E-state index is 0.777. The first-order valence-electron chi connectivity index (χ1n) is 4.75. The summed E-state index contributed by atoms with van der Waals surface area (Å²) in [5.74, 6) is 0. The molecule has 68 valence electrons. The first-order valence-corrected chi connectivity index (χ1v) is 4.75. The quantitative estimate of drug-likeness (QED) is 0.619. The zero-order valence-corrected chi connectivity index (χ0v) is 8.35. The van der Waals surface area contributed by atoms with E-state index in [0.717, 1.165) is 12.6 Å². The first kappa shape index (κ1) is 10.9. The number of hydrogen-bond donors (Lipinski definition) is 1. The molecule has 1 saturated heterocycles. The van der Waals surface area contributed by atoms with Gasteiger partial charge in [0.2, 0.25) is 0 Å². The van der Waals surface area contributed by atoms with Crippen molar-refractivity contribution < 1.29 is 0 Å². The molecule has 2 nitrogen and oxygen atoms in total. The molecule has 1 atom stereocenters. The molecule has 0 aromatic rings. The van der Waals surface area contributed by atoms with Gasteiger partial charge in [-0.15, -0.1) is 0 Å². The number of rotatable bonds is 1. The summed E-state index contributed by atoms with van der Waals surface area (Å²) in [7, 11) is 2.20. The van der Waals surface area contributed by atoms with Crippen molar-refractivity contribution in [3.63, 3.8) is 0 Å². The van der Waals surface area contributed by atoms with Crippen LogP contribution < -0.4 is 5.32 Å². The van der Waals surface area contributed by atoms with Crippen molar-refractivity contribution in [3.05, 3.63) is 0 Å². The SMILES string of the molecule is CC.CCC1CNCCN1C. The van der Waals surface area contributed by atoms with E-state index in [1.165, 1.54) is 19.5 Å². The maximum Gasteiger partial charge on any atom is 0.0215 e. The Kier molecular flexibility index (Phi) is 6.57. The molecule has 1 heterocycles. The van der Waals surface area contributed by atoms with Crippen LogP contribution in [0.2, 0.25) is 0 Å². The van der Waals surface area contributed by atoms with Gasteiger partial charge in [-0.1, -0.05) is 20.8 Å². The maximum atomic E-state index is 3.37. The molecule has 1 aliphatic rings. The molecule has 0 aromatic heterocycles. The molecule has 0 saturated carbocycles. The minimum Gasteiger partial charge on any atom is -0.314 e. The van der Waals surface area contributed by atoms with Gasteiger partial charge in [0.1, 0.15) is 0 Å². The lowest BCUT2D eigenvalue weighted by molar-refractivity contribution is 0.195. The first-order chi connectivity index (χ1) is 5.34. The van der Waals surface area contributed by atoms with Gasteiger partial charge in [-0.25, -0.2) is 0 Å². The monoisotopic (exact) mass is 158 g/mol. The number of nitrogens with zero attached hydrogens (tertiary/aromatic N) is 1. The van der Waals surface area contributed by atoms with E-state index in [4.69, 9.17) is 0 Å². The van der Waals surface area contributed by atoms with Gasteiger partial charge in [-0.2, -0.15) is 0 Å². The fourth-order valence-electron chi connectivity index (χ4n) is 1.32. The average Bonchev–Trinajstić information content (AvgIpc) is 2.09. The summed E-state index contributed by atoms with van der Waals surface area (Å²) < 4.78 is 0. The highest BCUT2D eigenvalue weighted by Crippen LogP contribution is 2.02. The van der Waals surface area contributed by atoms with Gasteiger partial charge in [-0.3, -0.25) is 0 Å². The van der Waals surface area contributed by atoms with Gasteiger partial charge in [0.05, 0.1) is 0 Å². The van der Waals surface area contributed by atoms with Crippen LogP contribution in [0.1, 0.15) is 27.2 Å². The zero-order valence-electron chi connectivity index (χ0n) is 8.35. The number of piperazine rings is 1. The normalized spacial score (nSPS) is 25.6. The lowest BCUT2D eigenvalue weighted by Crippen LogP contribution is -2.48. The van der Waals surface area contributed by atoms with Crippen LogP contribution in [-0.2, 0) is 0 Å². The molecule has 1 aliphatic heterocycles. The van der Waals surface area contributed by atoms with Crippen LogP contribution >= 0.6 is 0 Å². The molecule has 1 rings (SSSR count). The highest BCUT2D eigenvalue weighted by atomic mass is 15.2. The van der Waals surface area contributed by atoms with Crippen LogP contribution in [0, 0.1) is 0 Å². The molecule has 0 radical (unpaired) electrons. The van der Waals surface area contributed by atoms with E-state index < -0.39 is 0 Å². The van der Waals surface area contributed by atoms with Gasteiger partial charge in [0, 0.05) is 25.7 Å². The molecule has 0 spiro atoms. The second-order valence-electron chi connectivity index (χ2n) is 2.75. The zero-order chi connectivity index (χ0) is 8.69. The summed E-state index contributed by atoms with van der Waals surface area (Å²) in [6.07, 6.45) is 1.27. The van der Waals surface area contributed by atoms with Crippen LogP contribution in [0.5, 0.6) is 0 Å². The Morgan fingerprint density at radius 3 is 2.45 bits per heavy atom. The molecule has 11 heavy (non-hydrogen) atoms. The van der Waals surface area contributed by atoms with Gasteiger partial charge < -0.3 is 10.2 Å². The molecular formula is C9H22N2. The largest absolute Gasteiger partial charge is 0.314 e. The summed E-state index contributed by atoms with van der Waals surface area (Å²) in [5.41, 5.74) is 0. The van der Waals surface area contributed by atoms with Crippen LogP contribution in [0.4, 0.5) is 0 Å². The van der Waals surface area contributed by atoms with E-state index in [-0.39, 0.29) is 0 Å². The molecule has 2 heteroatoms. The summed E-state index contributed by atoms with van der Waals surface area (Å²) in [4.78, 5) is 2.43. The Bertz CT molecular complexity index is 83.6. The van der Waals surface area contributed by atoms with Gasteiger partial charge in [0.15, 0.2) is 0 Å². The average molecular weight is 158 g/mol. The second kappa shape index (κ2) is 6.62. The standard InChI is InChI=1S/C7H16N2.C2H6/c1-3-7-6-8-4-5-9(7)2;1-2/h7-8H,3-6H2,1-2H3;1-2H3. The molecular weight excluding hydrogens is 136 g/mol. The third-order valence-electron chi connectivity index (χ3n) is 2.12. The van der Waals surface area contributed by atoms with E-state index in [2.05, 4.69) is 24.2 Å². The Hall–Kier alpha value is -0.0800. The van der Waals surface area contributed by atoms with Gasteiger partial charge >= 0.3 is 0 Å². The van der Waals surface area contributed by atoms with Crippen molar-refractivity contribution >= 4 is 0 Å². The Labute approximate surface area is 71.0 Å². The van der Waals surface area contributed by atoms with Crippen LogP contribution in [0.25, 0.3) is 0 Å². The highest BCUT2D eigenvalue weighted by molar-refractivity contribution is 4.75. The van der Waals surface area contributed by atoms with Crippen molar-refractivity contribution in [1.29, 1.82) is 0 Å². The Balaban J connectivity index is 0.000000461. The molecule has 1 fully saturated rings. The molecule has 0 bridgehead atoms. The lowest BCUT2D eigenvalue weighted by Gasteiger charge is -2.32. The van der Waals surface area contributed by atoms with E-state index in [1.54, 1.807) is 0 Å².